The summed E-state index contributed by atoms with van der Waals surface area (Å²) in [4.78, 5) is 35.7. The standard InChI is InChI=1S/C24H20FN5O2/c1-15-3-4-16(21-14-29-10-2-9-26-24(29)28-21)11-20(15)27-23(32)17-12-22(31)30(13-17)19-7-5-18(25)6-8-19/h2-11,14,17H,12-13H2,1H3,(H,27,32)/t17-/m0/s1. The van der Waals surface area contributed by atoms with Crippen molar-refractivity contribution in [3.05, 3.63) is 78.5 Å². The summed E-state index contributed by atoms with van der Waals surface area (Å²) in [5.41, 5.74) is 3.77. The molecule has 7 nitrogen and oxygen atoms in total. The average molecular weight is 429 g/mol. The summed E-state index contributed by atoms with van der Waals surface area (Å²) in [6.45, 7) is 2.17. The molecule has 1 atom stereocenters. The highest BCUT2D eigenvalue weighted by Crippen LogP contribution is 2.28. The van der Waals surface area contributed by atoms with Crippen molar-refractivity contribution in [1.29, 1.82) is 0 Å². The van der Waals surface area contributed by atoms with E-state index in [1.54, 1.807) is 18.3 Å². The van der Waals surface area contributed by atoms with Gasteiger partial charge in [-0.15, -0.1) is 0 Å². The zero-order chi connectivity index (χ0) is 22.2. The fraction of sp³-hybridized carbons (Fsp3) is 0.167. The Bertz CT molecular complexity index is 1300. The Morgan fingerprint density at radius 1 is 1.19 bits per heavy atom. The van der Waals surface area contributed by atoms with Crippen molar-refractivity contribution in [3.63, 3.8) is 0 Å². The lowest BCUT2D eigenvalue weighted by Gasteiger charge is -2.17. The molecule has 0 radical (unpaired) electrons. The molecular weight excluding hydrogens is 409 g/mol. The minimum Gasteiger partial charge on any atom is -0.326 e. The number of aryl methyl sites for hydroxylation is 1. The molecular formula is C24H20FN5O2. The second-order valence-corrected chi connectivity index (χ2v) is 7.85. The number of rotatable bonds is 4. The van der Waals surface area contributed by atoms with E-state index in [1.807, 2.05) is 48.0 Å². The summed E-state index contributed by atoms with van der Waals surface area (Å²) in [6.07, 6.45) is 5.56. The first-order chi connectivity index (χ1) is 15.5. The number of carbonyl (C=O) groups is 2. The van der Waals surface area contributed by atoms with Gasteiger partial charge in [-0.2, -0.15) is 0 Å². The maximum Gasteiger partial charge on any atom is 0.234 e. The van der Waals surface area contributed by atoms with Crippen LogP contribution in [0.25, 0.3) is 17.0 Å². The van der Waals surface area contributed by atoms with Crippen LogP contribution in [-0.4, -0.2) is 32.7 Å². The predicted molar refractivity (Wildman–Crippen MR) is 119 cm³/mol. The van der Waals surface area contributed by atoms with E-state index in [1.165, 1.54) is 17.0 Å². The van der Waals surface area contributed by atoms with Crippen molar-refractivity contribution >= 4 is 29.0 Å². The second-order valence-electron chi connectivity index (χ2n) is 7.85. The van der Waals surface area contributed by atoms with Gasteiger partial charge in [-0.05, 0) is 48.9 Å². The van der Waals surface area contributed by atoms with Crippen molar-refractivity contribution < 1.29 is 14.0 Å². The molecule has 2 aromatic carbocycles. The Labute approximate surface area is 183 Å². The number of carbonyl (C=O) groups excluding carboxylic acids is 2. The number of hydrogen-bond acceptors (Lipinski definition) is 4. The van der Waals surface area contributed by atoms with E-state index in [4.69, 9.17) is 0 Å². The summed E-state index contributed by atoms with van der Waals surface area (Å²) in [5.74, 6) is -0.639. The Hall–Kier alpha value is -4.07. The number of fused-ring (bicyclic) bond motifs is 1. The number of hydrogen-bond donors (Lipinski definition) is 1. The number of aromatic nitrogens is 3. The van der Waals surface area contributed by atoms with Crippen LogP contribution < -0.4 is 10.2 Å². The van der Waals surface area contributed by atoms with E-state index in [2.05, 4.69) is 15.3 Å². The Balaban J connectivity index is 1.34. The van der Waals surface area contributed by atoms with Gasteiger partial charge in [0.2, 0.25) is 17.6 Å². The second kappa shape index (κ2) is 7.88. The molecule has 0 saturated carbocycles. The van der Waals surface area contributed by atoms with E-state index >= 15 is 0 Å². The van der Waals surface area contributed by atoms with E-state index in [-0.39, 0.29) is 30.6 Å². The number of nitrogens with one attached hydrogen (secondary N) is 1. The largest absolute Gasteiger partial charge is 0.326 e. The zero-order valence-corrected chi connectivity index (χ0v) is 17.3. The average Bonchev–Trinajstić information content (AvgIpc) is 3.39. The highest BCUT2D eigenvalue weighted by atomic mass is 19.1. The smallest absolute Gasteiger partial charge is 0.234 e. The third-order valence-corrected chi connectivity index (χ3v) is 5.66. The lowest BCUT2D eigenvalue weighted by molar-refractivity contribution is -0.122. The Kier molecular flexibility index (Phi) is 4.89. The fourth-order valence-electron chi connectivity index (χ4n) is 3.87. The monoisotopic (exact) mass is 429 g/mol. The van der Waals surface area contributed by atoms with Crippen LogP contribution in [0.5, 0.6) is 0 Å². The number of nitrogens with zero attached hydrogens (tertiary/aromatic N) is 4. The normalized spacial score (nSPS) is 16.0. The molecule has 32 heavy (non-hydrogen) atoms. The SMILES string of the molecule is Cc1ccc(-c2cn3cccnc3n2)cc1NC(=O)[C@H]1CC(=O)N(c2ccc(F)cc2)C1. The van der Waals surface area contributed by atoms with Crippen LogP contribution in [0.4, 0.5) is 15.8 Å². The van der Waals surface area contributed by atoms with Gasteiger partial charge in [0.05, 0.1) is 11.6 Å². The molecule has 5 rings (SSSR count). The zero-order valence-electron chi connectivity index (χ0n) is 17.3. The minimum absolute atomic E-state index is 0.111. The van der Waals surface area contributed by atoms with Gasteiger partial charge in [0.25, 0.3) is 0 Å². The molecule has 0 aliphatic carbocycles. The quantitative estimate of drug-likeness (QED) is 0.535. The van der Waals surface area contributed by atoms with Gasteiger partial charge in [0.15, 0.2) is 0 Å². The number of anilines is 2. The highest BCUT2D eigenvalue weighted by molar-refractivity contribution is 6.03. The molecule has 2 aromatic heterocycles. The maximum atomic E-state index is 13.2. The van der Waals surface area contributed by atoms with Gasteiger partial charge in [-0.1, -0.05) is 12.1 Å². The van der Waals surface area contributed by atoms with E-state index in [0.717, 1.165) is 16.8 Å². The van der Waals surface area contributed by atoms with Gasteiger partial charge in [0, 0.05) is 48.5 Å². The molecule has 8 heteroatoms. The molecule has 1 aliphatic heterocycles. The molecule has 1 saturated heterocycles. The van der Waals surface area contributed by atoms with E-state index in [0.29, 0.717) is 17.2 Å². The number of imidazole rings is 1. The van der Waals surface area contributed by atoms with Gasteiger partial charge >= 0.3 is 0 Å². The van der Waals surface area contributed by atoms with E-state index < -0.39 is 5.92 Å². The topological polar surface area (TPSA) is 79.6 Å². The highest BCUT2D eigenvalue weighted by Gasteiger charge is 2.35. The molecule has 0 bridgehead atoms. The Morgan fingerprint density at radius 3 is 2.78 bits per heavy atom. The molecule has 160 valence electrons. The maximum absolute atomic E-state index is 13.2. The third-order valence-electron chi connectivity index (χ3n) is 5.66. The van der Waals surface area contributed by atoms with Crippen LogP contribution >= 0.6 is 0 Å². The van der Waals surface area contributed by atoms with Gasteiger partial charge < -0.3 is 10.2 Å². The van der Waals surface area contributed by atoms with Gasteiger partial charge in [0.1, 0.15) is 5.82 Å². The molecule has 0 spiro atoms. The van der Waals surface area contributed by atoms with Crippen LogP contribution in [0.3, 0.4) is 0 Å². The summed E-state index contributed by atoms with van der Waals surface area (Å²) < 4.78 is 15.0. The number of amides is 2. The first kappa shape index (κ1) is 19.9. The third kappa shape index (κ3) is 3.71. The summed E-state index contributed by atoms with van der Waals surface area (Å²) in [6, 6.07) is 13.3. The van der Waals surface area contributed by atoms with Crippen molar-refractivity contribution in [2.45, 2.75) is 13.3 Å². The van der Waals surface area contributed by atoms with Crippen molar-refractivity contribution in [2.24, 2.45) is 5.92 Å². The molecule has 1 N–H and O–H groups in total. The predicted octanol–water partition coefficient (Wildman–Crippen LogP) is 3.84. The molecule has 2 amide bonds. The van der Waals surface area contributed by atoms with Crippen LogP contribution in [0.2, 0.25) is 0 Å². The first-order valence-electron chi connectivity index (χ1n) is 10.3. The van der Waals surface area contributed by atoms with Crippen molar-refractivity contribution in [1.82, 2.24) is 14.4 Å². The molecule has 0 unspecified atom stereocenters. The number of halogens is 1. The van der Waals surface area contributed by atoms with Crippen LogP contribution in [0, 0.1) is 18.7 Å². The lowest BCUT2D eigenvalue weighted by Crippen LogP contribution is -2.28. The van der Waals surface area contributed by atoms with Gasteiger partial charge in [-0.25, -0.2) is 14.4 Å². The molecule has 1 aliphatic rings. The van der Waals surface area contributed by atoms with Crippen LogP contribution in [0.15, 0.2) is 67.1 Å². The van der Waals surface area contributed by atoms with Gasteiger partial charge in [-0.3, -0.25) is 14.0 Å². The summed E-state index contributed by atoms with van der Waals surface area (Å²) in [7, 11) is 0. The van der Waals surface area contributed by atoms with Crippen LogP contribution in [0.1, 0.15) is 12.0 Å². The molecule has 1 fully saturated rings. The minimum atomic E-state index is -0.491. The summed E-state index contributed by atoms with van der Waals surface area (Å²) in [5, 5.41) is 2.97. The first-order valence-corrected chi connectivity index (χ1v) is 10.3. The summed E-state index contributed by atoms with van der Waals surface area (Å²) >= 11 is 0. The lowest BCUT2D eigenvalue weighted by atomic mass is 10.1. The van der Waals surface area contributed by atoms with Crippen LogP contribution in [-0.2, 0) is 9.59 Å². The van der Waals surface area contributed by atoms with Crippen molar-refractivity contribution in [2.75, 3.05) is 16.8 Å². The van der Waals surface area contributed by atoms with Crippen molar-refractivity contribution in [3.8, 4) is 11.3 Å². The molecule has 3 heterocycles. The fourth-order valence-corrected chi connectivity index (χ4v) is 3.87. The Morgan fingerprint density at radius 2 is 2.00 bits per heavy atom. The van der Waals surface area contributed by atoms with E-state index in [9.17, 15) is 14.0 Å². The number of benzene rings is 2. The molecule has 4 aromatic rings.